The van der Waals surface area contributed by atoms with Gasteiger partial charge in [-0.05, 0) is 116 Å². The molecule has 1 heteroatoms. The second kappa shape index (κ2) is 9.79. The van der Waals surface area contributed by atoms with Gasteiger partial charge in [0.15, 0.2) is 0 Å². The number of rotatable bonds is 3. The van der Waals surface area contributed by atoms with Gasteiger partial charge in [0, 0.05) is 16.5 Å². The summed E-state index contributed by atoms with van der Waals surface area (Å²) in [5, 5.41) is 13.0. The molecule has 0 bridgehead atoms. The van der Waals surface area contributed by atoms with Crippen LogP contribution in [0.4, 0.5) is 0 Å². The van der Waals surface area contributed by atoms with E-state index in [0.29, 0.717) is 0 Å². The van der Waals surface area contributed by atoms with Gasteiger partial charge in [0.25, 0.3) is 0 Å². The van der Waals surface area contributed by atoms with E-state index in [1.54, 1.807) is 0 Å². The Morgan fingerprint density at radius 1 is 0.362 bits per heavy atom. The average molecular weight is 598 g/mol. The van der Waals surface area contributed by atoms with Crippen LogP contribution in [-0.2, 0) is 0 Å². The van der Waals surface area contributed by atoms with E-state index in [9.17, 15) is 0 Å². The Balaban J connectivity index is 1.21. The molecule has 220 valence electrons. The zero-order valence-electron chi connectivity index (χ0n) is 26.4. The highest BCUT2D eigenvalue weighted by Crippen LogP contribution is 2.44. The van der Waals surface area contributed by atoms with Gasteiger partial charge in [0.1, 0.15) is 0 Å². The van der Waals surface area contributed by atoms with Crippen molar-refractivity contribution in [2.45, 2.75) is 13.8 Å². The van der Waals surface area contributed by atoms with Crippen LogP contribution in [0.2, 0.25) is 0 Å². The molecule has 0 saturated carbocycles. The molecule has 0 aliphatic carbocycles. The van der Waals surface area contributed by atoms with Crippen molar-refractivity contribution in [3.8, 4) is 27.9 Å². The molecule has 47 heavy (non-hydrogen) atoms. The lowest BCUT2D eigenvalue weighted by molar-refractivity contribution is 1.18. The maximum atomic E-state index is 2.43. The molecule has 1 nitrogen and oxygen atoms in total. The van der Waals surface area contributed by atoms with Gasteiger partial charge < -0.3 is 4.57 Å². The van der Waals surface area contributed by atoms with Crippen molar-refractivity contribution in [1.29, 1.82) is 0 Å². The molecule has 0 aliphatic heterocycles. The number of benzene rings is 9. The SMILES string of the molecule is Cc1ccc2c(c1)c1cc(C)ccc1n2-c1cccc(-c2ccc3ccc4c(-c5cccc6ccccc56)ccc5ccc2c3c54)c1. The molecule has 10 aromatic rings. The van der Waals surface area contributed by atoms with Crippen LogP contribution in [0.5, 0.6) is 0 Å². The first-order valence-corrected chi connectivity index (χ1v) is 16.4. The minimum absolute atomic E-state index is 1.18. The summed E-state index contributed by atoms with van der Waals surface area (Å²) in [6, 6.07) is 56.6. The van der Waals surface area contributed by atoms with Crippen LogP contribution in [0.3, 0.4) is 0 Å². The van der Waals surface area contributed by atoms with Crippen molar-refractivity contribution < 1.29 is 0 Å². The third kappa shape index (κ3) is 3.84. The Morgan fingerprint density at radius 3 is 1.66 bits per heavy atom. The van der Waals surface area contributed by atoms with Crippen LogP contribution in [-0.4, -0.2) is 4.57 Å². The summed E-state index contributed by atoms with van der Waals surface area (Å²) < 4.78 is 2.43. The zero-order chi connectivity index (χ0) is 31.2. The first-order valence-electron chi connectivity index (χ1n) is 16.4. The number of hydrogen-bond donors (Lipinski definition) is 0. The van der Waals surface area contributed by atoms with Gasteiger partial charge in [-0.15, -0.1) is 0 Å². The summed E-state index contributed by atoms with van der Waals surface area (Å²) in [7, 11) is 0. The zero-order valence-corrected chi connectivity index (χ0v) is 26.4. The van der Waals surface area contributed by atoms with Crippen LogP contribution in [0.1, 0.15) is 11.1 Å². The van der Waals surface area contributed by atoms with Crippen LogP contribution in [0, 0.1) is 13.8 Å². The third-order valence-electron chi connectivity index (χ3n) is 10.2. The van der Waals surface area contributed by atoms with E-state index in [1.807, 2.05) is 0 Å². The smallest absolute Gasteiger partial charge is 0.0541 e. The molecule has 9 aromatic carbocycles. The van der Waals surface area contributed by atoms with Gasteiger partial charge in [-0.1, -0.05) is 126 Å². The maximum absolute atomic E-state index is 2.43. The summed E-state index contributed by atoms with van der Waals surface area (Å²) in [6.07, 6.45) is 0. The van der Waals surface area contributed by atoms with Crippen LogP contribution in [0.25, 0.3) is 92.8 Å². The van der Waals surface area contributed by atoms with Crippen molar-refractivity contribution >= 4 is 64.9 Å². The third-order valence-corrected chi connectivity index (χ3v) is 10.2. The number of aryl methyl sites for hydroxylation is 2. The van der Waals surface area contributed by atoms with E-state index in [2.05, 4.69) is 170 Å². The van der Waals surface area contributed by atoms with Crippen molar-refractivity contribution in [2.24, 2.45) is 0 Å². The summed E-state index contributed by atoms with van der Waals surface area (Å²) in [6.45, 7) is 4.36. The highest BCUT2D eigenvalue weighted by atomic mass is 15.0. The van der Waals surface area contributed by atoms with Crippen molar-refractivity contribution in [3.05, 3.63) is 163 Å². The number of nitrogens with zero attached hydrogens (tertiary/aromatic N) is 1. The highest BCUT2D eigenvalue weighted by Gasteiger charge is 2.17. The Morgan fingerprint density at radius 2 is 0.936 bits per heavy atom. The second-order valence-corrected chi connectivity index (χ2v) is 13.1. The molecule has 1 aromatic heterocycles. The molecule has 0 radical (unpaired) electrons. The summed E-state index contributed by atoms with van der Waals surface area (Å²) in [4.78, 5) is 0. The first kappa shape index (κ1) is 26.3. The molecule has 0 amide bonds. The predicted molar refractivity (Wildman–Crippen MR) is 202 cm³/mol. The molecule has 10 rings (SSSR count). The van der Waals surface area contributed by atoms with Crippen molar-refractivity contribution in [1.82, 2.24) is 4.57 Å². The quantitative estimate of drug-likeness (QED) is 0.179. The van der Waals surface area contributed by atoms with Crippen LogP contribution < -0.4 is 0 Å². The molecule has 0 aliphatic rings. The standard InChI is InChI=1S/C46H31N/c1-28-13-23-43-41(25-28)42-26-29(2)14-24-44(42)47(43)34-10-5-9-33(27-34)36-19-15-31-18-22-40-38(20-16-32-17-21-39(36)45(31)46(32)40)37-12-6-8-30-7-3-4-11-35(30)37/h3-27H,1-2H3. The summed E-state index contributed by atoms with van der Waals surface area (Å²) in [5.74, 6) is 0. The Labute approximate surface area is 273 Å². The van der Waals surface area contributed by atoms with E-state index >= 15 is 0 Å². The lowest BCUT2D eigenvalue weighted by Gasteiger charge is -2.18. The molecule has 1 heterocycles. The Bertz CT molecular complexity index is 2800. The van der Waals surface area contributed by atoms with E-state index < -0.39 is 0 Å². The Kier molecular flexibility index (Phi) is 5.48. The molecule has 0 N–H and O–H groups in total. The minimum atomic E-state index is 1.18. The largest absolute Gasteiger partial charge is 0.309 e. The fourth-order valence-corrected chi connectivity index (χ4v) is 8.09. The van der Waals surface area contributed by atoms with Crippen molar-refractivity contribution in [2.75, 3.05) is 0 Å². The fourth-order valence-electron chi connectivity index (χ4n) is 8.09. The molecular formula is C46H31N. The number of aromatic nitrogens is 1. The average Bonchev–Trinajstić information content (AvgIpc) is 3.42. The van der Waals surface area contributed by atoms with Crippen molar-refractivity contribution in [3.63, 3.8) is 0 Å². The molecule has 0 atom stereocenters. The molecular weight excluding hydrogens is 567 g/mol. The fraction of sp³-hybridized carbons (Fsp3) is 0.0435. The van der Waals surface area contributed by atoms with Gasteiger partial charge in [-0.3, -0.25) is 0 Å². The summed E-state index contributed by atoms with van der Waals surface area (Å²) >= 11 is 0. The van der Waals surface area contributed by atoms with Gasteiger partial charge in [0.05, 0.1) is 11.0 Å². The lowest BCUT2D eigenvalue weighted by atomic mass is 9.86. The lowest BCUT2D eigenvalue weighted by Crippen LogP contribution is -1.95. The maximum Gasteiger partial charge on any atom is 0.0541 e. The monoisotopic (exact) mass is 597 g/mol. The highest BCUT2D eigenvalue weighted by molar-refractivity contribution is 6.28. The number of hydrogen-bond acceptors (Lipinski definition) is 0. The van der Waals surface area contributed by atoms with E-state index in [0.717, 1.165) is 0 Å². The Hall–Kier alpha value is -5.92. The predicted octanol–water partition coefficient (Wildman–Crippen LogP) is 12.8. The van der Waals surface area contributed by atoms with E-state index in [1.165, 1.54) is 104 Å². The van der Waals surface area contributed by atoms with Gasteiger partial charge in [-0.25, -0.2) is 0 Å². The second-order valence-electron chi connectivity index (χ2n) is 13.1. The van der Waals surface area contributed by atoms with E-state index in [4.69, 9.17) is 0 Å². The molecule has 0 saturated heterocycles. The van der Waals surface area contributed by atoms with Gasteiger partial charge >= 0.3 is 0 Å². The van der Waals surface area contributed by atoms with Gasteiger partial charge in [0.2, 0.25) is 0 Å². The normalized spacial score (nSPS) is 12.0. The number of fused-ring (bicyclic) bond motifs is 4. The van der Waals surface area contributed by atoms with Gasteiger partial charge in [-0.2, -0.15) is 0 Å². The molecule has 0 fully saturated rings. The topological polar surface area (TPSA) is 4.93 Å². The molecule has 0 unspecified atom stereocenters. The minimum Gasteiger partial charge on any atom is -0.309 e. The van der Waals surface area contributed by atoms with Crippen LogP contribution >= 0.6 is 0 Å². The van der Waals surface area contributed by atoms with E-state index in [-0.39, 0.29) is 0 Å². The summed E-state index contributed by atoms with van der Waals surface area (Å²) in [5.41, 5.74) is 11.3. The molecule has 0 spiro atoms. The van der Waals surface area contributed by atoms with Crippen LogP contribution in [0.15, 0.2) is 152 Å². The first-order chi connectivity index (χ1) is 23.1.